The van der Waals surface area contributed by atoms with E-state index in [9.17, 15) is 9.59 Å². The maximum absolute atomic E-state index is 12.0. The van der Waals surface area contributed by atoms with E-state index in [0.29, 0.717) is 0 Å². The summed E-state index contributed by atoms with van der Waals surface area (Å²) in [4.78, 5) is 22.7. The lowest BCUT2D eigenvalue weighted by Crippen LogP contribution is -2.37. The highest BCUT2D eigenvalue weighted by Gasteiger charge is 2.33. The average molecular weight is 269 g/mol. The van der Waals surface area contributed by atoms with Crippen molar-refractivity contribution in [2.24, 2.45) is 10.8 Å². The van der Waals surface area contributed by atoms with Crippen molar-refractivity contribution in [3.63, 3.8) is 0 Å². The Hall–Kier alpha value is -1.06. The van der Waals surface area contributed by atoms with Gasteiger partial charge >= 0.3 is 5.97 Å². The molecule has 0 heterocycles. The number of carbonyl (C=O) groups is 2. The quantitative estimate of drug-likeness (QED) is 0.746. The van der Waals surface area contributed by atoms with Crippen molar-refractivity contribution in [1.29, 1.82) is 0 Å². The number of aliphatic carboxylic acids is 1. The molecule has 1 amide bonds. The third-order valence-electron chi connectivity index (χ3n) is 4.34. The standard InChI is InChI=1S/C15H27NO3/c1-4-15(7-5-6-8-15)11-16-12(17)9-14(2,3)10-13(18)19/h4-11H2,1-3H3,(H,16,17)(H,18,19). The van der Waals surface area contributed by atoms with Crippen LogP contribution in [0.4, 0.5) is 0 Å². The van der Waals surface area contributed by atoms with Gasteiger partial charge in [-0.2, -0.15) is 0 Å². The van der Waals surface area contributed by atoms with Gasteiger partial charge in [-0.15, -0.1) is 0 Å². The zero-order valence-electron chi connectivity index (χ0n) is 12.4. The Morgan fingerprint density at radius 3 is 2.26 bits per heavy atom. The third-order valence-corrected chi connectivity index (χ3v) is 4.34. The van der Waals surface area contributed by atoms with Crippen LogP contribution in [0, 0.1) is 10.8 Å². The Morgan fingerprint density at radius 2 is 1.79 bits per heavy atom. The van der Waals surface area contributed by atoms with E-state index in [1.807, 2.05) is 13.8 Å². The lowest BCUT2D eigenvalue weighted by atomic mass is 9.82. The van der Waals surface area contributed by atoms with Crippen LogP contribution >= 0.6 is 0 Å². The van der Waals surface area contributed by atoms with Crippen molar-refractivity contribution in [3.05, 3.63) is 0 Å². The summed E-state index contributed by atoms with van der Waals surface area (Å²) in [6, 6.07) is 0. The van der Waals surface area contributed by atoms with Crippen LogP contribution in [0.3, 0.4) is 0 Å². The summed E-state index contributed by atoms with van der Waals surface area (Å²) < 4.78 is 0. The largest absolute Gasteiger partial charge is 0.481 e. The minimum Gasteiger partial charge on any atom is -0.481 e. The first-order valence-corrected chi connectivity index (χ1v) is 7.27. The number of nitrogens with one attached hydrogen (secondary N) is 1. The molecule has 0 aliphatic heterocycles. The molecule has 1 aliphatic rings. The molecule has 2 N–H and O–H groups in total. The van der Waals surface area contributed by atoms with E-state index in [1.54, 1.807) is 0 Å². The SMILES string of the molecule is CCC1(CNC(=O)CC(C)(C)CC(=O)O)CCCC1. The molecule has 110 valence electrons. The Morgan fingerprint density at radius 1 is 1.21 bits per heavy atom. The summed E-state index contributed by atoms with van der Waals surface area (Å²) in [5, 5.41) is 11.8. The molecule has 0 radical (unpaired) electrons. The Kier molecular flexibility index (Phi) is 5.39. The van der Waals surface area contributed by atoms with Gasteiger partial charge in [0.15, 0.2) is 0 Å². The molecule has 1 rings (SSSR count). The number of rotatable bonds is 7. The van der Waals surface area contributed by atoms with E-state index in [4.69, 9.17) is 5.11 Å². The van der Waals surface area contributed by atoms with Crippen LogP contribution in [0.15, 0.2) is 0 Å². The summed E-state index contributed by atoms with van der Waals surface area (Å²) in [6.45, 7) is 6.58. The fourth-order valence-electron chi connectivity index (χ4n) is 3.04. The number of carbonyl (C=O) groups excluding carboxylic acids is 1. The summed E-state index contributed by atoms with van der Waals surface area (Å²) in [5.74, 6) is -0.871. The highest BCUT2D eigenvalue weighted by molar-refractivity contribution is 5.77. The number of amides is 1. The molecule has 0 bridgehead atoms. The minimum atomic E-state index is -0.848. The van der Waals surface area contributed by atoms with E-state index in [-0.39, 0.29) is 24.2 Å². The summed E-state index contributed by atoms with van der Waals surface area (Å²) in [6.07, 6.45) is 6.32. The smallest absolute Gasteiger partial charge is 0.303 e. The van der Waals surface area contributed by atoms with E-state index in [0.717, 1.165) is 13.0 Å². The molecule has 0 unspecified atom stereocenters. The van der Waals surface area contributed by atoms with Gasteiger partial charge < -0.3 is 10.4 Å². The topological polar surface area (TPSA) is 66.4 Å². The zero-order chi connectivity index (χ0) is 14.5. The normalized spacial score (nSPS) is 18.3. The number of carboxylic acids is 1. The first-order chi connectivity index (χ1) is 8.79. The fourth-order valence-corrected chi connectivity index (χ4v) is 3.04. The molecule has 0 spiro atoms. The fraction of sp³-hybridized carbons (Fsp3) is 0.867. The van der Waals surface area contributed by atoms with Crippen LogP contribution in [0.2, 0.25) is 0 Å². The summed E-state index contributed by atoms with van der Waals surface area (Å²) in [7, 11) is 0. The molecule has 1 saturated carbocycles. The van der Waals surface area contributed by atoms with Crippen molar-refractivity contribution in [2.45, 2.75) is 65.7 Å². The number of carboxylic acid groups (broad SMARTS) is 1. The molecule has 4 heteroatoms. The maximum Gasteiger partial charge on any atom is 0.303 e. The van der Waals surface area contributed by atoms with Crippen molar-refractivity contribution < 1.29 is 14.7 Å². The lowest BCUT2D eigenvalue weighted by Gasteiger charge is -2.29. The molecule has 0 aromatic rings. The van der Waals surface area contributed by atoms with Gasteiger partial charge in [0.25, 0.3) is 0 Å². The second-order valence-electron chi connectivity index (χ2n) is 6.75. The van der Waals surface area contributed by atoms with Gasteiger partial charge in [0.2, 0.25) is 5.91 Å². The highest BCUT2D eigenvalue weighted by Crippen LogP contribution is 2.40. The van der Waals surface area contributed by atoms with E-state index in [2.05, 4.69) is 12.2 Å². The summed E-state index contributed by atoms with van der Waals surface area (Å²) >= 11 is 0. The van der Waals surface area contributed by atoms with E-state index < -0.39 is 11.4 Å². The van der Waals surface area contributed by atoms with Gasteiger partial charge in [0, 0.05) is 13.0 Å². The molecule has 19 heavy (non-hydrogen) atoms. The van der Waals surface area contributed by atoms with Crippen LogP contribution in [0.25, 0.3) is 0 Å². The zero-order valence-corrected chi connectivity index (χ0v) is 12.4. The maximum atomic E-state index is 12.0. The van der Waals surface area contributed by atoms with E-state index in [1.165, 1.54) is 25.7 Å². The van der Waals surface area contributed by atoms with Crippen LogP contribution < -0.4 is 5.32 Å². The Labute approximate surface area is 116 Å². The lowest BCUT2D eigenvalue weighted by molar-refractivity contribution is -0.139. The predicted octanol–water partition coefficient (Wildman–Crippen LogP) is 2.96. The molecule has 0 saturated heterocycles. The Bertz CT molecular complexity index is 330. The third kappa shape index (κ3) is 5.21. The first kappa shape index (κ1) is 16.0. The molecular weight excluding hydrogens is 242 g/mol. The molecule has 4 nitrogen and oxygen atoms in total. The van der Waals surface area contributed by atoms with Crippen molar-refractivity contribution >= 4 is 11.9 Å². The molecule has 1 fully saturated rings. The number of hydrogen-bond acceptors (Lipinski definition) is 2. The molecule has 0 aromatic heterocycles. The van der Waals surface area contributed by atoms with Crippen LogP contribution in [-0.4, -0.2) is 23.5 Å². The second kappa shape index (κ2) is 6.40. The van der Waals surface area contributed by atoms with Gasteiger partial charge in [0.1, 0.15) is 0 Å². The van der Waals surface area contributed by atoms with Gasteiger partial charge in [-0.25, -0.2) is 0 Å². The monoisotopic (exact) mass is 269 g/mol. The van der Waals surface area contributed by atoms with Crippen LogP contribution in [0.5, 0.6) is 0 Å². The van der Waals surface area contributed by atoms with E-state index >= 15 is 0 Å². The Balaban J connectivity index is 2.41. The van der Waals surface area contributed by atoms with Crippen LogP contribution in [0.1, 0.15) is 65.7 Å². The molecule has 1 aliphatic carbocycles. The van der Waals surface area contributed by atoms with Gasteiger partial charge in [-0.3, -0.25) is 9.59 Å². The second-order valence-corrected chi connectivity index (χ2v) is 6.75. The highest BCUT2D eigenvalue weighted by atomic mass is 16.4. The molecule has 0 atom stereocenters. The summed E-state index contributed by atoms with van der Waals surface area (Å²) in [5.41, 5.74) is -0.197. The molecule has 0 aromatic carbocycles. The van der Waals surface area contributed by atoms with Gasteiger partial charge in [-0.05, 0) is 30.1 Å². The average Bonchev–Trinajstić information content (AvgIpc) is 2.73. The van der Waals surface area contributed by atoms with Crippen LogP contribution in [-0.2, 0) is 9.59 Å². The van der Waals surface area contributed by atoms with Crippen molar-refractivity contribution in [2.75, 3.05) is 6.54 Å². The van der Waals surface area contributed by atoms with Crippen molar-refractivity contribution in [1.82, 2.24) is 5.32 Å². The predicted molar refractivity (Wildman–Crippen MR) is 74.9 cm³/mol. The van der Waals surface area contributed by atoms with Gasteiger partial charge in [-0.1, -0.05) is 33.6 Å². The van der Waals surface area contributed by atoms with Crippen molar-refractivity contribution in [3.8, 4) is 0 Å². The van der Waals surface area contributed by atoms with Gasteiger partial charge in [0.05, 0.1) is 6.42 Å². The first-order valence-electron chi connectivity index (χ1n) is 7.27. The number of hydrogen-bond donors (Lipinski definition) is 2. The molecular formula is C15H27NO3. The minimum absolute atomic E-state index is 0.0222.